The van der Waals surface area contributed by atoms with Gasteiger partial charge in [-0.25, -0.2) is 13.1 Å². The molecule has 2 N–H and O–H groups in total. The van der Waals surface area contributed by atoms with Crippen molar-refractivity contribution in [1.29, 1.82) is 0 Å². The largest absolute Gasteiger partial charge is 0.312 e. The van der Waals surface area contributed by atoms with Crippen molar-refractivity contribution < 1.29 is 8.42 Å². The molecular weight excluding hydrogens is 308 g/mol. The number of rotatable bonds is 5. The van der Waals surface area contributed by atoms with E-state index in [-0.39, 0.29) is 29.6 Å². The van der Waals surface area contributed by atoms with Gasteiger partial charge in [-0.15, -0.1) is 12.4 Å². The Kier molecular flexibility index (Phi) is 6.66. The van der Waals surface area contributed by atoms with E-state index in [4.69, 9.17) is 0 Å². The molecule has 1 unspecified atom stereocenters. The van der Waals surface area contributed by atoms with Gasteiger partial charge in [0.05, 0.1) is 5.75 Å². The minimum Gasteiger partial charge on any atom is -0.312 e. The molecule has 1 fully saturated rings. The van der Waals surface area contributed by atoms with E-state index in [1.165, 1.54) is 0 Å². The SMILES string of the molecule is CC1(C)CCCNC1CNS(=O)(=O)Cc1ccccc1.Cl. The number of nitrogens with one attached hydrogen (secondary N) is 2. The second-order valence-electron chi connectivity index (χ2n) is 6.19. The van der Waals surface area contributed by atoms with E-state index in [2.05, 4.69) is 23.9 Å². The fourth-order valence-electron chi connectivity index (χ4n) is 2.67. The van der Waals surface area contributed by atoms with Gasteiger partial charge in [-0.05, 0) is 30.4 Å². The summed E-state index contributed by atoms with van der Waals surface area (Å²) in [6, 6.07) is 9.47. The zero-order chi connectivity index (χ0) is 14.6. The summed E-state index contributed by atoms with van der Waals surface area (Å²) < 4.78 is 27.0. The quantitative estimate of drug-likeness (QED) is 0.870. The lowest BCUT2D eigenvalue weighted by molar-refractivity contribution is 0.181. The number of piperidine rings is 1. The molecule has 1 atom stereocenters. The molecule has 21 heavy (non-hydrogen) atoms. The van der Waals surface area contributed by atoms with Crippen molar-refractivity contribution in [3.8, 4) is 0 Å². The first-order valence-electron chi connectivity index (χ1n) is 7.14. The monoisotopic (exact) mass is 332 g/mol. The van der Waals surface area contributed by atoms with Crippen LogP contribution in [0, 0.1) is 5.41 Å². The van der Waals surface area contributed by atoms with Crippen LogP contribution in [0.4, 0.5) is 0 Å². The first kappa shape index (κ1) is 18.4. The van der Waals surface area contributed by atoms with Gasteiger partial charge in [0.1, 0.15) is 0 Å². The Morgan fingerprint density at radius 2 is 1.95 bits per heavy atom. The predicted octanol–water partition coefficient (Wildman–Crippen LogP) is 2.31. The maximum atomic E-state index is 12.1. The maximum Gasteiger partial charge on any atom is 0.215 e. The molecule has 1 aromatic carbocycles. The summed E-state index contributed by atoms with van der Waals surface area (Å²) in [5.41, 5.74) is 0.948. The summed E-state index contributed by atoms with van der Waals surface area (Å²) in [6.07, 6.45) is 2.28. The number of benzene rings is 1. The van der Waals surface area contributed by atoms with Crippen molar-refractivity contribution in [1.82, 2.24) is 10.0 Å². The number of hydrogen-bond acceptors (Lipinski definition) is 3. The molecule has 1 aliphatic heterocycles. The number of hydrogen-bond donors (Lipinski definition) is 2. The average molecular weight is 333 g/mol. The lowest BCUT2D eigenvalue weighted by Crippen LogP contribution is -2.52. The van der Waals surface area contributed by atoms with Crippen LogP contribution in [-0.2, 0) is 15.8 Å². The molecule has 0 aliphatic carbocycles. The van der Waals surface area contributed by atoms with Crippen molar-refractivity contribution in [3.63, 3.8) is 0 Å². The molecule has 4 nitrogen and oxygen atoms in total. The van der Waals surface area contributed by atoms with E-state index < -0.39 is 10.0 Å². The maximum absolute atomic E-state index is 12.1. The smallest absolute Gasteiger partial charge is 0.215 e. The summed E-state index contributed by atoms with van der Waals surface area (Å²) >= 11 is 0. The van der Waals surface area contributed by atoms with E-state index in [0.29, 0.717) is 6.54 Å². The zero-order valence-corrected chi connectivity index (χ0v) is 14.3. The first-order chi connectivity index (χ1) is 9.39. The third-order valence-corrected chi connectivity index (χ3v) is 5.36. The summed E-state index contributed by atoms with van der Waals surface area (Å²) in [6.45, 7) is 5.81. The lowest BCUT2D eigenvalue weighted by Gasteiger charge is -2.39. The summed E-state index contributed by atoms with van der Waals surface area (Å²) in [7, 11) is -3.27. The van der Waals surface area contributed by atoms with Crippen LogP contribution in [0.25, 0.3) is 0 Å². The molecule has 1 heterocycles. The average Bonchev–Trinajstić information content (AvgIpc) is 2.37. The molecule has 0 aromatic heterocycles. The highest BCUT2D eigenvalue weighted by Gasteiger charge is 2.32. The minimum absolute atomic E-state index is 0. The third kappa shape index (κ3) is 5.58. The van der Waals surface area contributed by atoms with Crippen LogP contribution in [0.5, 0.6) is 0 Å². The van der Waals surface area contributed by atoms with Crippen LogP contribution >= 0.6 is 12.4 Å². The summed E-state index contributed by atoms with van der Waals surface area (Å²) in [4.78, 5) is 0. The van der Waals surface area contributed by atoms with Crippen molar-refractivity contribution >= 4 is 22.4 Å². The Bertz CT molecular complexity index is 532. The van der Waals surface area contributed by atoms with E-state index in [1.807, 2.05) is 30.3 Å². The molecule has 1 saturated heterocycles. The molecule has 120 valence electrons. The van der Waals surface area contributed by atoms with Gasteiger partial charge in [0.25, 0.3) is 0 Å². The van der Waals surface area contributed by atoms with E-state index >= 15 is 0 Å². The van der Waals surface area contributed by atoms with E-state index in [9.17, 15) is 8.42 Å². The fraction of sp³-hybridized carbons (Fsp3) is 0.600. The van der Waals surface area contributed by atoms with Crippen LogP contribution in [0.3, 0.4) is 0 Å². The van der Waals surface area contributed by atoms with Gasteiger partial charge < -0.3 is 5.32 Å². The van der Waals surface area contributed by atoms with Crippen LogP contribution in [-0.4, -0.2) is 27.5 Å². The van der Waals surface area contributed by atoms with Crippen molar-refractivity contribution in [2.45, 2.75) is 38.5 Å². The Balaban J connectivity index is 0.00000220. The van der Waals surface area contributed by atoms with Crippen molar-refractivity contribution in [2.24, 2.45) is 5.41 Å². The van der Waals surface area contributed by atoms with Gasteiger partial charge in [0.2, 0.25) is 10.0 Å². The van der Waals surface area contributed by atoms with Gasteiger partial charge in [0.15, 0.2) is 0 Å². The third-order valence-electron chi connectivity index (χ3n) is 4.04. The molecule has 1 aliphatic rings. The van der Waals surface area contributed by atoms with Crippen LogP contribution in [0.2, 0.25) is 0 Å². The predicted molar refractivity (Wildman–Crippen MR) is 89.1 cm³/mol. The minimum atomic E-state index is -3.27. The van der Waals surface area contributed by atoms with Crippen LogP contribution < -0.4 is 10.0 Å². The molecule has 0 bridgehead atoms. The van der Waals surface area contributed by atoms with E-state index in [1.54, 1.807) is 0 Å². The topological polar surface area (TPSA) is 58.2 Å². The van der Waals surface area contributed by atoms with Gasteiger partial charge in [-0.1, -0.05) is 44.2 Å². The second kappa shape index (κ2) is 7.58. The molecule has 1 aromatic rings. The zero-order valence-electron chi connectivity index (χ0n) is 12.6. The molecular formula is C15H25ClN2O2S. The van der Waals surface area contributed by atoms with Crippen molar-refractivity contribution in [2.75, 3.05) is 13.1 Å². The van der Waals surface area contributed by atoms with Gasteiger partial charge in [-0.2, -0.15) is 0 Å². The van der Waals surface area contributed by atoms with Gasteiger partial charge in [0, 0.05) is 12.6 Å². The Morgan fingerprint density at radius 3 is 2.57 bits per heavy atom. The van der Waals surface area contributed by atoms with Gasteiger partial charge in [-0.3, -0.25) is 0 Å². The molecule has 6 heteroatoms. The molecule has 0 amide bonds. The Labute approximate surface area is 134 Å². The number of sulfonamides is 1. The highest BCUT2D eigenvalue weighted by atomic mass is 35.5. The summed E-state index contributed by atoms with van der Waals surface area (Å²) in [5, 5.41) is 3.42. The van der Waals surface area contributed by atoms with Crippen LogP contribution in [0.15, 0.2) is 30.3 Å². The van der Waals surface area contributed by atoms with Crippen molar-refractivity contribution in [3.05, 3.63) is 35.9 Å². The van der Waals surface area contributed by atoms with Crippen LogP contribution in [0.1, 0.15) is 32.3 Å². The molecule has 2 rings (SSSR count). The lowest BCUT2D eigenvalue weighted by atomic mass is 9.78. The van der Waals surface area contributed by atoms with E-state index in [0.717, 1.165) is 24.9 Å². The highest BCUT2D eigenvalue weighted by molar-refractivity contribution is 7.88. The van der Waals surface area contributed by atoms with Gasteiger partial charge >= 0.3 is 0 Å². The Morgan fingerprint density at radius 1 is 1.29 bits per heavy atom. The number of halogens is 1. The normalized spacial score (nSPS) is 21.5. The Hall–Kier alpha value is -0.620. The fourth-order valence-corrected chi connectivity index (χ4v) is 3.83. The second-order valence-corrected chi connectivity index (χ2v) is 8.00. The first-order valence-corrected chi connectivity index (χ1v) is 8.79. The molecule has 0 saturated carbocycles. The summed E-state index contributed by atoms with van der Waals surface area (Å²) in [5.74, 6) is 0.0426. The molecule has 0 radical (unpaired) electrons. The molecule has 0 spiro atoms. The highest BCUT2D eigenvalue weighted by Crippen LogP contribution is 2.29. The standard InChI is InChI=1S/C15H24N2O2S.ClH/c1-15(2)9-6-10-16-14(15)11-17-20(18,19)12-13-7-4-3-5-8-13;/h3-5,7-8,14,16-17H,6,9-12H2,1-2H3;1H.